The Balaban J connectivity index is 2.52. The van der Waals surface area contributed by atoms with Crippen molar-refractivity contribution in [2.75, 3.05) is 17.2 Å². The normalized spacial score (nSPS) is 10.4. The van der Waals surface area contributed by atoms with Gasteiger partial charge in [0.2, 0.25) is 5.95 Å². The van der Waals surface area contributed by atoms with E-state index in [4.69, 9.17) is 17.3 Å². The van der Waals surface area contributed by atoms with E-state index in [1.54, 1.807) is 0 Å². The van der Waals surface area contributed by atoms with E-state index in [9.17, 15) is 0 Å². The Hall–Kier alpha value is -1.81. The smallest absolute Gasteiger partial charge is 0.222 e. The fourth-order valence-corrected chi connectivity index (χ4v) is 2.05. The van der Waals surface area contributed by atoms with Crippen LogP contribution in [-0.4, -0.2) is 16.5 Å². The minimum atomic E-state index is 0.224. The van der Waals surface area contributed by atoms with Gasteiger partial charge >= 0.3 is 0 Å². The number of nitrogens with two attached hydrogens (primary N) is 1. The van der Waals surface area contributed by atoms with Gasteiger partial charge in [-0.15, -0.1) is 0 Å². The molecule has 0 amide bonds. The van der Waals surface area contributed by atoms with Gasteiger partial charge in [-0.25, -0.2) is 4.98 Å². The Morgan fingerprint density at radius 3 is 2.72 bits per heavy atom. The number of hydrogen-bond acceptors (Lipinski definition) is 4. The molecule has 4 nitrogen and oxygen atoms in total. The molecule has 18 heavy (non-hydrogen) atoms. The summed E-state index contributed by atoms with van der Waals surface area (Å²) in [4.78, 5) is 10.1. The summed E-state index contributed by atoms with van der Waals surface area (Å²) in [6.45, 7) is 4.85. The topological polar surface area (TPSA) is 55.0 Å². The van der Waals surface area contributed by atoms with Crippen LogP contribution in [0.1, 0.15) is 12.5 Å². The summed E-state index contributed by atoms with van der Waals surface area (Å²) in [5, 5.41) is 0.495. The number of nitrogens with zero attached hydrogens (tertiary/aromatic N) is 3. The van der Waals surface area contributed by atoms with Crippen LogP contribution in [0, 0.1) is 6.92 Å². The number of hydrogen-bond donors (Lipinski definition) is 1. The molecular formula is C13H15ClN4. The van der Waals surface area contributed by atoms with Crippen LogP contribution in [0.25, 0.3) is 0 Å². The van der Waals surface area contributed by atoms with Crippen molar-refractivity contribution >= 4 is 29.1 Å². The Bertz CT molecular complexity index is 556. The molecule has 0 radical (unpaired) electrons. The number of rotatable bonds is 3. The van der Waals surface area contributed by atoms with Crippen LogP contribution in [0.2, 0.25) is 5.02 Å². The molecule has 0 atom stereocenters. The third kappa shape index (κ3) is 2.38. The van der Waals surface area contributed by atoms with Gasteiger partial charge in [-0.1, -0.05) is 29.8 Å². The van der Waals surface area contributed by atoms with Gasteiger partial charge < -0.3 is 10.6 Å². The number of aryl methyl sites for hydroxylation is 1. The zero-order valence-electron chi connectivity index (χ0n) is 10.4. The van der Waals surface area contributed by atoms with Gasteiger partial charge in [-0.3, -0.25) is 0 Å². The maximum Gasteiger partial charge on any atom is 0.222 e. The highest BCUT2D eigenvalue weighted by molar-refractivity contribution is 6.33. The molecule has 0 spiro atoms. The maximum atomic E-state index is 6.15. The number of benzene rings is 1. The molecule has 5 heteroatoms. The van der Waals surface area contributed by atoms with Crippen LogP contribution < -0.4 is 10.6 Å². The van der Waals surface area contributed by atoms with Crippen LogP contribution >= 0.6 is 11.6 Å². The Morgan fingerprint density at radius 1 is 1.33 bits per heavy atom. The Labute approximate surface area is 111 Å². The van der Waals surface area contributed by atoms with Gasteiger partial charge in [0.25, 0.3) is 0 Å². The second-order valence-electron chi connectivity index (χ2n) is 3.93. The summed E-state index contributed by atoms with van der Waals surface area (Å²) in [7, 11) is 0. The van der Waals surface area contributed by atoms with Crippen molar-refractivity contribution in [3.05, 3.63) is 41.0 Å². The predicted molar refractivity (Wildman–Crippen MR) is 75.3 cm³/mol. The van der Waals surface area contributed by atoms with Crippen molar-refractivity contribution in [1.82, 2.24) is 9.97 Å². The molecule has 0 bridgehead atoms. The first-order chi connectivity index (χ1) is 8.63. The van der Waals surface area contributed by atoms with E-state index in [0.29, 0.717) is 10.8 Å². The van der Waals surface area contributed by atoms with Crippen molar-refractivity contribution in [3.63, 3.8) is 0 Å². The lowest BCUT2D eigenvalue weighted by Gasteiger charge is -2.24. The van der Waals surface area contributed by atoms with Crippen LogP contribution in [0.5, 0.6) is 0 Å². The summed E-state index contributed by atoms with van der Waals surface area (Å²) in [6, 6.07) is 8.08. The van der Waals surface area contributed by atoms with Crippen LogP contribution in [-0.2, 0) is 0 Å². The average molecular weight is 263 g/mol. The molecule has 0 saturated carbocycles. The zero-order valence-corrected chi connectivity index (χ0v) is 11.1. The van der Waals surface area contributed by atoms with Gasteiger partial charge in [0, 0.05) is 12.2 Å². The quantitative estimate of drug-likeness (QED) is 0.923. The van der Waals surface area contributed by atoms with Crippen LogP contribution in [0.4, 0.5) is 17.5 Å². The SMILES string of the molecule is CCN(c1ccccc1C)c1nc(N)ncc1Cl. The fraction of sp³-hybridized carbons (Fsp3) is 0.231. The molecule has 0 aliphatic carbocycles. The second-order valence-corrected chi connectivity index (χ2v) is 4.34. The monoisotopic (exact) mass is 262 g/mol. The van der Waals surface area contributed by atoms with E-state index in [1.165, 1.54) is 6.20 Å². The van der Waals surface area contributed by atoms with Gasteiger partial charge in [0.1, 0.15) is 5.02 Å². The standard InChI is InChI=1S/C13H15ClN4/c1-3-18(11-7-5-4-6-9(11)2)12-10(14)8-16-13(15)17-12/h4-8H,3H2,1-2H3,(H2,15,16,17). The molecule has 94 valence electrons. The minimum Gasteiger partial charge on any atom is -0.368 e. The molecule has 0 fully saturated rings. The first-order valence-electron chi connectivity index (χ1n) is 5.74. The molecule has 2 N–H and O–H groups in total. The van der Waals surface area contributed by atoms with Gasteiger partial charge in [-0.05, 0) is 25.5 Å². The molecule has 1 heterocycles. The number of aromatic nitrogens is 2. The highest BCUT2D eigenvalue weighted by atomic mass is 35.5. The largest absolute Gasteiger partial charge is 0.368 e. The molecule has 2 rings (SSSR count). The summed E-state index contributed by atoms with van der Waals surface area (Å²) in [6.07, 6.45) is 1.53. The van der Waals surface area contributed by atoms with E-state index >= 15 is 0 Å². The number of halogens is 1. The van der Waals surface area contributed by atoms with Crippen LogP contribution in [0.3, 0.4) is 0 Å². The maximum absolute atomic E-state index is 6.15. The molecule has 0 aliphatic heterocycles. The average Bonchev–Trinajstić information content (AvgIpc) is 2.36. The van der Waals surface area contributed by atoms with Crippen LogP contribution in [0.15, 0.2) is 30.5 Å². The summed E-state index contributed by atoms with van der Waals surface area (Å²) in [5.74, 6) is 0.863. The summed E-state index contributed by atoms with van der Waals surface area (Å²) in [5.41, 5.74) is 7.86. The highest BCUT2D eigenvalue weighted by Crippen LogP contribution is 2.31. The van der Waals surface area contributed by atoms with Crippen molar-refractivity contribution in [1.29, 1.82) is 0 Å². The van der Waals surface area contributed by atoms with E-state index in [-0.39, 0.29) is 5.95 Å². The number of para-hydroxylation sites is 1. The van der Waals surface area contributed by atoms with E-state index in [0.717, 1.165) is 17.8 Å². The molecular weight excluding hydrogens is 248 g/mol. The van der Waals surface area contributed by atoms with Crippen molar-refractivity contribution in [2.45, 2.75) is 13.8 Å². The summed E-state index contributed by atoms with van der Waals surface area (Å²) < 4.78 is 0. The second kappa shape index (κ2) is 5.23. The molecule has 0 aliphatic rings. The lowest BCUT2D eigenvalue weighted by Crippen LogP contribution is -2.19. The lowest BCUT2D eigenvalue weighted by atomic mass is 10.2. The Kier molecular flexibility index (Phi) is 3.67. The van der Waals surface area contributed by atoms with E-state index in [2.05, 4.69) is 23.0 Å². The minimum absolute atomic E-state index is 0.224. The number of anilines is 3. The fourth-order valence-electron chi connectivity index (χ4n) is 1.86. The van der Waals surface area contributed by atoms with E-state index in [1.807, 2.05) is 30.0 Å². The van der Waals surface area contributed by atoms with E-state index < -0.39 is 0 Å². The molecule has 0 unspecified atom stereocenters. The Morgan fingerprint density at radius 2 is 2.06 bits per heavy atom. The molecule has 1 aromatic carbocycles. The highest BCUT2D eigenvalue weighted by Gasteiger charge is 2.15. The van der Waals surface area contributed by atoms with Crippen molar-refractivity contribution in [2.24, 2.45) is 0 Å². The molecule has 0 saturated heterocycles. The lowest BCUT2D eigenvalue weighted by molar-refractivity contribution is 0.975. The van der Waals surface area contributed by atoms with Gasteiger partial charge in [0.15, 0.2) is 5.82 Å². The first-order valence-corrected chi connectivity index (χ1v) is 6.12. The third-order valence-corrected chi connectivity index (χ3v) is 2.99. The first kappa shape index (κ1) is 12.6. The summed E-state index contributed by atoms with van der Waals surface area (Å²) >= 11 is 6.15. The molecule has 1 aromatic heterocycles. The van der Waals surface area contributed by atoms with Gasteiger partial charge in [0.05, 0.1) is 6.20 Å². The zero-order chi connectivity index (χ0) is 13.1. The number of nitrogen functional groups attached to an aromatic ring is 1. The van der Waals surface area contributed by atoms with Crippen molar-refractivity contribution in [3.8, 4) is 0 Å². The third-order valence-electron chi connectivity index (χ3n) is 2.72. The molecule has 2 aromatic rings. The van der Waals surface area contributed by atoms with Crippen molar-refractivity contribution < 1.29 is 0 Å². The van der Waals surface area contributed by atoms with Gasteiger partial charge in [-0.2, -0.15) is 4.98 Å². The predicted octanol–water partition coefficient (Wildman–Crippen LogP) is 3.18.